The van der Waals surface area contributed by atoms with Crippen molar-refractivity contribution < 1.29 is 22.5 Å². The van der Waals surface area contributed by atoms with E-state index in [-0.39, 0.29) is 0 Å². The molecule has 0 spiro atoms. The molecule has 0 fully saturated rings. The molecular formula is C22H19ClO5PS-. The van der Waals surface area contributed by atoms with Crippen LogP contribution in [0.1, 0.15) is 0 Å². The van der Waals surface area contributed by atoms with E-state index >= 15 is 0 Å². The number of methoxy groups -OCH3 is 1. The Morgan fingerprint density at radius 1 is 0.900 bits per heavy atom. The topological polar surface area (TPSA) is 83.5 Å². The van der Waals surface area contributed by atoms with Gasteiger partial charge in [-0.1, -0.05) is 0 Å². The van der Waals surface area contributed by atoms with Crippen LogP contribution >= 0.6 is 17.2 Å². The van der Waals surface area contributed by atoms with Crippen molar-refractivity contribution in [2.45, 2.75) is 4.90 Å². The molecule has 8 heteroatoms. The van der Waals surface area contributed by atoms with Gasteiger partial charge in [-0.05, 0) is 0 Å². The predicted octanol–water partition coefficient (Wildman–Crippen LogP) is 3.26. The van der Waals surface area contributed by atoms with Crippen LogP contribution in [0.5, 0.6) is 0 Å². The molecule has 0 radical (unpaired) electrons. The van der Waals surface area contributed by atoms with E-state index in [4.69, 9.17) is 16.0 Å². The molecular weight excluding hydrogens is 443 g/mol. The molecule has 0 amide bonds. The van der Waals surface area contributed by atoms with E-state index in [1.165, 1.54) is 31.4 Å². The zero-order chi connectivity index (χ0) is 21.9. The number of hydrogen-bond donors (Lipinski definition) is 0. The van der Waals surface area contributed by atoms with E-state index in [1.807, 2.05) is 60.7 Å². The van der Waals surface area contributed by atoms with Crippen LogP contribution in [0.3, 0.4) is 0 Å². The van der Waals surface area contributed by atoms with Crippen LogP contribution < -0.4 is 15.9 Å². The molecule has 0 N–H and O–H groups in total. The number of carbonyl (C=O) groups excluding carboxylic acids is 1. The number of benzene rings is 3. The Labute approximate surface area is 180 Å². The quantitative estimate of drug-likeness (QED) is 0.243. The number of carbonyl (C=O) groups is 1. The van der Waals surface area contributed by atoms with Crippen LogP contribution in [0.2, 0.25) is 0 Å². The Hall–Kier alpha value is -2.50. The SMILES string of the molecule is COC(=O)/C=C/P(Cl)(c1ccccc1)(c1ccccc1)c1cccc(S(=O)(=O)[O-])c1. The van der Waals surface area contributed by atoms with Gasteiger partial charge in [0.2, 0.25) is 0 Å². The molecule has 3 aromatic rings. The number of esters is 1. The fourth-order valence-electron chi connectivity index (χ4n) is 3.32. The van der Waals surface area contributed by atoms with Gasteiger partial charge in [-0.15, -0.1) is 0 Å². The first-order chi connectivity index (χ1) is 14.2. The average Bonchev–Trinajstić information content (AvgIpc) is 2.78. The summed E-state index contributed by atoms with van der Waals surface area (Å²) in [5.41, 5.74) is 0. The molecule has 0 bridgehead atoms. The van der Waals surface area contributed by atoms with Crippen molar-refractivity contribution in [3.8, 4) is 0 Å². The Morgan fingerprint density at radius 2 is 1.40 bits per heavy atom. The van der Waals surface area contributed by atoms with Gasteiger partial charge in [0.15, 0.2) is 0 Å². The minimum atomic E-state index is -4.72. The van der Waals surface area contributed by atoms with E-state index in [2.05, 4.69) is 0 Å². The van der Waals surface area contributed by atoms with Crippen molar-refractivity contribution in [1.82, 2.24) is 0 Å². The molecule has 156 valence electrons. The van der Waals surface area contributed by atoms with Gasteiger partial charge in [-0.2, -0.15) is 0 Å². The molecule has 30 heavy (non-hydrogen) atoms. The molecule has 3 rings (SSSR count). The van der Waals surface area contributed by atoms with Crippen molar-refractivity contribution in [3.63, 3.8) is 0 Å². The zero-order valence-electron chi connectivity index (χ0n) is 16.0. The molecule has 0 heterocycles. The number of halogens is 1. The third kappa shape index (κ3) is 3.92. The van der Waals surface area contributed by atoms with Crippen LogP contribution in [-0.4, -0.2) is 26.0 Å². The first kappa shape index (κ1) is 22.2. The van der Waals surface area contributed by atoms with Gasteiger partial charge in [0, 0.05) is 0 Å². The standard InChI is InChI=1S/C22H20ClO5PS/c1-28-22(24)15-16-29(23,18-9-4-2-5-10-18,19-11-6-3-7-12-19)20-13-8-14-21(17-20)30(25,26)27/h2-17H,1H3,(H,25,26,27)/p-1/b16-15+. The van der Waals surface area contributed by atoms with Crippen LogP contribution in [0.15, 0.2) is 102 Å². The van der Waals surface area contributed by atoms with E-state index in [0.29, 0.717) is 15.9 Å². The molecule has 0 aromatic heterocycles. The van der Waals surface area contributed by atoms with Gasteiger partial charge < -0.3 is 0 Å². The van der Waals surface area contributed by atoms with Gasteiger partial charge in [0.05, 0.1) is 0 Å². The van der Waals surface area contributed by atoms with Crippen molar-refractivity contribution in [2.24, 2.45) is 0 Å². The summed E-state index contributed by atoms with van der Waals surface area (Å²) >= 11 is 7.64. The van der Waals surface area contributed by atoms with Gasteiger partial charge in [-0.3, -0.25) is 0 Å². The Balaban J connectivity index is 2.50. The third-order valence-corrected chi connectivity index (χ3v) is 12.4. The maximum atomic E-state index is 12.0. The fourth-order valence-corrected chi connectivity index (χ4v) is 9.18. The normalized spacial score (nSPS) is 13.5. The Kier molecular flexibility index (Phi) is 6.16. The van der Waals surface area contributed by atoms with Crippen LogP contribution in [0.4, 0.5) is 0 Å². The van der Waals surface area contributed by atoms with Gasteiger partial charge in [0.25, 0.3) is 0 Å². The molecule has 0 atom stereocenters. The van der Waals surface area contributed by atoms with Crippen LogP contribution in [0.25, 0.3) is 0 Å². The second kappa shape index (κ2) is 8.32. The molecule has 0 aliphatic rings. The molecule has 0 aliphatic heterocycles. The second-order valence-electron chi connectivity index (χ2n) is 6.54. The molecule has 5 nitrogen and oxygen atoms in total. The van der Waals surface area contributed by atoms with Crippen molar-refractivity contribution in [1.29, 1.82) is 0 Å². The Bertz CT molecular complexity index is 1150. The summed E-state index contributed by atoms with van der Waals surface area (Å²) in [4.78, 5) is 11.6. The summed E-state index contributed by atoms with van der Waals surface area (Å²) in [7, 11) is -3.46. The van der Waals surface area contributed by atoms with Crippen molar-refractivity contribution in [3.05, 3.63) is 96.8 Å². The number of hydrogen-bond acceptors (Lipinski definition) is 5. The maximum absolute atomic E-state index is 12.0. The monoisotopic (exact) mass is 461 g/mol. The van der Waals surface area contributed by atoms with Gasteiger partial charge >= 0.3 is 181 Å². The number of ether oxygens (including phenoxy) is 1. The van der Waals surface area contributed by atoms with Crippen LogP contribution in [-0.2, 0) is 19.6 Å². The Morgan fingerprint density at radius 3 is 1.87 bits per heavy atom. The third-order valence-electron chi connectivity index (χ3n) is 4.83. The van der Waals surface area contributed by atoms with Gasteiger partial charge in [0.1, 0.15) is 0 Å². The minimum absolute atomic E-state index is 0.395. The van der Waals surface area contributed by atoms with Gasteiger partial charge in [-0.25, -0.2) is 0 Å². The average molecular weight is 462 g/mol. The van der Waals surface area contributed by atoms with E-state index < -0.39 is 26.9 Å². The summed E-state index contributed by atoms with van der Waals surface area (Å²) in [5.74, 6) is -3.07. The van der Waals surface area contributed by atoms with E-state index in [1.54, 1.807) is 11.9 Å². The summed E-state index contributed by atoms with van der Waals surface area (Å²) < 4.78 is 39.9. The van der Waals surface area contributed by atoms with Crippen LogP contribution in [0, 0.1) is 0 Å². The first-order valence-corrected chi connectivity index (χ1v) is 13.5. The summed E-state index contributed by atoms with van der Waals surface area (Å²) in [6.07, 6.45) is 1.24. The van der Waals surface area contributed by atoms with Crippen molar-refractivity contribution >= 4 is 49.2 Å². The summed E-state index contributed by atoms with van der Waals surface area (Å²) in [6.45, 7) is 0. The predicted molar refractivity (Wildman–Crippen MR) is 120 cm³/mol. The molecule has 0 saturated heterocycles. The molecule has 0 aliphatic carbocycles. The number of rotatable bonds is 6. The molecule has 0 saturated carbocycles. The fraction of sp³-hybridized carbons (Fsp3) is 0.0455. The van der Waals surface area contributed by atoms with Crippen molar-refractivity contribution in [2.75, 3.05) is 7.11 Å². The first-order valence-electron chi connectivity index (χ1n) is 8.88. The zero-order valence-corrected chi connectivity index (χ0v) is 18.5. The molecule has 0 unspecified atom stereocenters. The van der Waals surface area contributed by atoms with E-state index in [0.717, 1.165) is 0 Å². The summed E-state index contributed by atoms with van der Waals surface area (Å²) in [6, 6.07) is 23.8. The second-order valence-corrected chi connectivity index (χ2v) is 14.0. The summed E-state index contributed by atoms with van der Waals surface area (Å²) in [5, 5.41) is 1.77. The molecule has 3 aromatic carbocycles. The van der Waals surface area contributed by atoms with E-state index in [9.17, 15) is 17.8 Å².